The highest BCUT2D eigenvalue weighted by atomic mass is 16.3. The van der Waals surface area contributed by atoms with Crippen molar-refractivity contribution in [2.45, 2.75) is 38.9 Å². The molecule has 2 atom stereocenters. The van der Waals surface area contributed by atoms with Crippen LogP contribution >= 0.6 is 0 Å². The van der Waals surface area contributed by atoms with Crippen LogP contribution in [0.15, 0.2) is 23.8 Å². The summed E-state index contributed by atoms with van der Waals surface area (Å²) in [7, 11) is 0. The van der Waals surface area contributed by atoms with Gasteiger partial charge in [0.05, 0.1) is 12.7 Å². The lowest BCUT2D eigenvalue weighted by molar-refractivity contribution is -0.121. The Balaban J connectivity index is 3.23. The molecule has 3 N–H and O–H groups in total. The molecule has 0 radical (unpaired) electrons. The molecule has 0 amide bonds. The smallest absolute Gasteiger partial charge is 0.156 e. The van der Waals surface area contributed by atoms with Gasteiger partial charge in [0.2, 0.25) is 0 Å². The Morgan fingerprint density at radius 2 is 2.12 bits per heavy atom. The molecule has 0 heterocycles. The normalized spacial score (nSPS) is 30.5. The van der Waals surface area contributed by atoms with Crippen molar-refractivity contribution in [1.29, 1.82) is 0 Å². The maximum Gasteiger partial charge on any atom is 0.156 e. The fourth-order valence-corrected chi connectivity index (χ4v) is 2.14. The lowest BCUT2D eigenvalue weighted by atomic mass is 9.64. The van der Waals surface area contributed by atoms with E-state index in [1.807, 2.05) is 0 Å². The Kier molecular flexibility index (Phi) is 3.91. The van der Waals surface area contributed by atoms with Crippen molar-refractivity contribution in [3.8, 4) is 0 Å². The number of carbonyl (C=O) groups is 1. The summed E-state index contributed by atoms with van der Waals surface area (Å²) in [6.07, 6.45) is 3.73. The van der Waals surface area contributed by atoms with E-state index in [0.29, 0.717) is 0 Å². The summed E-state index contributed by atoms with van der Waals surface area (Å²) in [5.41, 5.74) is -1.83. The highest BCUT2D eigenvalue weighted by molar-refractivity contribution is 5.93. The molecule has 0 bridgehead atoms. The second-order valence-corrected chi connectivity index (χ2v) is 5.22. The van der Waals surface area contributed by atoms with Gasteiger partial charge in [0.25, 0.3) is 0 Å². The van der Waals surface area contributed by atoms with Gasteiger partial charge in [0.1, 0.15) is 5.60 Å². The van der Waals surface area contributed by atoms with Crippen molar-refractivity contribution in [2.75, 3.05) is 6.61 Å². The highest BCUT2D eigenvalue weighted by Crippen LogP contribution is 2.44. The number of carbonyl (C=O) groups excluding carboxylic acids is 1. The summed E-state index contributed by atoms with van der Waals surface area (Å²) in [6, 6.07) is 0. The van der Waals surface area contributed by atoms with E-state index >= 15 is 0 Å². The molecular weight excluding hydrogens is 220 g/mol. The molecule has 0 fully saturated rings. The number of aliphatic hydroxyl groups is 3. The zero-order valence-corrected chi connectivity index (χ0v) is 10.5. The van der Waals surface area contributed by atoms with Gasteiger partial charge in [-0.1, -0.05) is 19.9 Å². The van der Waals surface area contributed by atoms with Crippen molar-refractivity contribution >= 4 is 5.78 Å². The van der Waals surface area contributed by atoms with Crippen molar-refractivity contribution in [3.05, 3.63) is 23.8 Å². The Bertz CT molecular complexity index is 366. The predicted octanol–water partition coefficient (Wildman–Crippen LogP) is 0.572. The van der Waals surface area contributed by atoms with E-state index in [-0.39, 0.29) is 24.4 Å². The van der Waals surface area contributed by atoms with Gasteiger partial charge in [-0.15, -0.1) is 0 Å². The maximum absolute atomic E-state index is 11.5. The van der Waals surface area contributed by atoms with Gasteiger partial charge >= 0.3 is 0 Å². The molecule has 0 aromatic carbocycles. The van der Waals surface area contributed by atoms with Gasteiger partial charge in [0, 0.05) is 11.8 Å². The molecule has 0 saturated carbocycles. The van der Waals surface area contributed by atoms with Gasteiger partial charge in [-0.3, -0.25) is 4.79 Å². The first-order valence-corrected chi connectivity index (χ1v) is 5.67. The minimum atomic E-state index is -1.40. The van der Waals surface area contributed by atoms with E-state index in [4.69, 9.17) is 0 Å². The minimum Gasteiger partial charge on any atom is -0.392 e. The Labute approximate surface area is 101 Å². The molecule has 0 aromatic rings. The molecule has 96 valence electrons. The topological polar surface area (TPSA) is 77.8 Å². The zero-order valence-electron chi connectivity index (χ0n) is 10.5. The average molecular weight is 240 g/mol. The molecule has 0 unspecified atom stereocenters. The summed E-state index contributed by atoms with van der Waals surface area (Å²) in [5, 5.41) is 29.1. The molecule has 0 aromatic heterocycles. The monoisotopic (exact) mass is 240 g/mol. The van der Waals surface area contributed by atoms with Crippen LogP contribution in [0.1, 0.15) is 27.2 Å². The number of ketones is 1. The third-order valence-electron chi connectivity index (χ3n) is 3.26. The van der Waals surface area contributed by atoms with Gasteiger partial charge in [0.15, 0.2) is 5.78 Å². The molecule has 0 aliphatic heterocycles. The summed E-state index contributed by atoms with van der Waals surface area (Å²) >= 11 is 0. The molecule has 4 nitrogen and oxygen atoms in total. The van der Waals surface area contributed by atoms with Gasteiger partial charge in [-0.2, -0.15) is 0 Å². The summed E-state index contributed by atoms with van der Waals surface area (Å²) in [6.45, 7) is 4.72. The number of hydrogen-bond donors (Lipinski definition) is 3. The Hall–Kier alpha value is -0.970. The van der Waals surface area contributed by atoms with E-state index in [2.05, 4.69) is 0 Å². The first-order chi connectivity index (χ1) is 7.73. The van der Waals surface area contributed by atoms with Crippen LogP contribution in [0.3, 0.4) is 0 Å². The van der Waals surface area contributed by atoms with Crippen LogP contribution in [0.4, 0.5) is 0 Å². The quantitative estimate of drug-likeness (QED) is 0.630. The molecule has 1 rings (SSSR count). The summed E-state index contributed by atoms with van der Waals surface area (Å²) < 4.78 is 0. The predicted molar refractivity (Wildman–Crippen MR) is 64.3 cm³/mol. The first kappa shape index (κ1) is 14.1. The fourth-order valence-electron chi connectivity index (χ4n) is 2.14. The maximum atomic E-state index is 11.5. The van der Waals surface area contributed by atoms with Crippen LogP contribution in [0.2, 0.25) is 0 Å². The minimum absolute atomic E-state index is 0.103. The molecule has 1 aliphatic carbocycles. The van der Waals surface area contributed by atoms with Crippen LogP contribution in [-0.4, -0.2) is 39.4 Å². The van der Waals surface area contributed by atoms with Crippen LogP contribution in [0, 0.1) is 5.41 Å². The van der Waals surface area contributed by atoms with Gasteiger partial charge in [-0.25, -0.2) is 0 Å². The third-order valence-corrected chi connectivity index (χ3v) is 3.26. The second-order valence-electron chi connectivity index (χ2n) is 5.22. The van der Waals surface area contributed by atoms with E-state index in [0.717, 1.165) is 0 Å². The zero-order chi connectivity index (χ0) is 13.3. The van der Waals surface area contributed by atoms with E-state index in [1.54, 1.807) is 20.8 Å². The van der Waals surface area contributed by atoms with Crippen molar-refractivity contribution in [1.82, 2.24) is 0 Å². The van der Waals surface area contributed by atoms with Crippen LogP contribution < -0.4 is 0 Å². The van der Waals surface area contributed by atoms with E-state index in [1.165, 1.54) is 18.2 Å². The van der Waals surface area contributed by atoms with Crippen molar-refractivity contribution in [2.24, 2.45) is 5.41 Å². The average Bonchev–Trinajstić information content (AvgIpc) is 2.20. The van der Waals surface area contributed by atoms with Crippen molar-refractivity contribution < 1.29 is 20.1 Å². The number of aliphatic hydroxyl groups excluding tert-OH is 2. The van der Waals surface area contributed by atoms with Gasteiger partial charge in [-0.05, 0) is 24.6 Å². The molecule has 0 saturated heterocycles. The van der Waals surface area contributed by atoms with Crippen LogP contribution in [-0.2, 0) is 4.79 Å². The van der Waals surface area contributed by atoms with Gasteiger partial charge < -0.3 is 15.3 Å². The SMILES string of the molecule is C[C@@H](O)/C=C/[C@@]1(O)C(CO)=CC(=O)CC1(C)C. The van der Waals surface area contributed by atoms with Crippen LogP contribution in [0.25, 0.3) is 0 Å². The lowest BCUT2D eigenvalue weighted by Crippen LogP contribution is -2.49. The Morgan fingerprint density at radius 1 is 1.53 bits per heavy atom. The molecule has 17 heavy (non-hydrogen) atoms. The van der Waals surface area contributed by atoms with E-state index < -0.39 is 17.1 Å². The highest BCUT2D eigenvalue weighted by Gasteiger charge is 2.47. The summed E-state index contributed by atoms with van der Waals surface area (Å²) in [4.78, 5) is 11.5. The molecular formula is C13H20O4. The number of allylic oxidation sites excluding steroid dienone is 1. The first-order valence-electron chi connectivity index (χ1n) is 5.67. The van der Waals surface area contributed by atoms with Crippen molar-refractivity contribution in [3.63, 3.8) is 0 Å². The fraction of sp³-hybridized carbons (Fsp3) is 0.615. The number of hydrogen-bond acceptors (Lipinski definition) is 4. The number of rotatable bonds is 3. The Morgan fingerprint density at radius 3 is 2.59 bits per heavy atom. The largest absolute Gasteiger partial charge is 0.392 e. The molecule has 1 aliphatic rings. The standard InChI is InChI=1S/C13H20O4/c1-9(15)4-5-13(17)10(8-14)6-11(16)7-12(13,2)3/h4-6,9,14-15,17H,7-8H2,1-3H3/b5-4+/t9-,13-/m1/s1. The summed E-state index contributed by atoms with van der Waals surface area (Å²) in [5.74, 6) is -0.103. The van der Waals surface area contributed by atoms with Crippen LogP contribution in [0.5, 0.6) is 0 Å². The van der Waals surface area contributed by atoms with E-state index in [9.17, 15) is 20.1 Å². The lowest BCUT2D eigenvalue weighted by Gasteiger charge is -2.44. The molecule has 4 heteroatoms. The molecule has 0 spiro atoms. The second kappa shape index (κ2) is 4.72. The third kappa shape index (κ3) is 2.65.